The summed E-state index contributed by atoms with van der Waals surface area (Å²) in [6.07, 6.45) is 2.18. The van der Waals surface area contributed by atoms with Crippen molar-refractivity contribution in [3.8, 4) is 17.2 Å². The van der Waals surface area contributed by atoms with Crippen LogP contribution in [0, 0.1) is 5.92 Å². The van der Waals surface area contributed by atoms with Crippen molar-refractivity contribution in [1.82, 2.24) is 4.90 Å². The number of hydrogen-bond acceptors (Lipinski definition) is 7. The molecule has 0 saturated carbocycles. The van der Waals surface area contributed by atoms with Gasteiger partial charge >= 0.3 is 5.97 Å². The highest BCUT2D eigenvalue weighted by molar-refractivity contribution is 5.78. The van der Waals surface area contributed by atoms with Crippen molar-refractivity contribution in [3.05, 3.63) is 47.5 Å². The molecule has 7 nitrogen and oxygen atoms in total. The first kappa shape index (κ1) is 21.9. The molecule has 0 amide bonds. The van der Waals surface area contributed by atoms with Crippen molar-refractivity contribution in [3.63, 3.8) is 0 Å². The van der Waals surface area contributed by atoms with E-state index in [0.717, 1.165) is 48.5 Å². The molecular weight excluding hydrogens is 420 g/mol. The minimum absolute atomic E-state index is 0.186. The molecule has 1 saturated heterocycles. The number of fused-ring (bicyclic) bond motifs is 2. The Kier molecular flexibility index (Phi) is 5.60. The number of carbonyl (C=O) groups excluding carboxylic acids is 1. The van der Waals surface area contributed by atoms with Crippen LogP contribution in [0.25, 0.3) is 0 Å². The van der Waals surface area contributed by atoms with E-state index in [0.29, 0.717) is 18.1 Å². The van der Waals surface area contributed by atoms with E-state index in [1.807, 2.05) is 40.1 Å². The molecule has 0 radical (unpaired) electrons. The van der Waals surface area contributed by atoms with Crippen LogP contribution in [0.2, 0.25) is 0 Å². The fraction of sp³-hybridized carbons (Fsp3) is 0.500. The van der Waals surface area contributed by atoms with Gasteiger partial charge in [-0.3, -0.25) is 9.69 Å². The van der Waals surface area contributed by atoms with Crippen LogP contribution in [-0.2, 0) is 9.53 Å². The molecule has 7 heteroatoms. The van der Waals surface area contributed by atoms with Crippen molar-refractivity contribution < 1.29 is 23.7 Å². The highest BCUT2D eigenvalue weighted by Gasteiger charge is 2.56. The van der Waals surface area contributed by atoms with Gasteiger partial charge in [-0.2, -0.15) is 0 Å². The summed E-state index contributed by atoms with van der Waals surface area (Å²) < 4.78 is 23.7. The number of anilines is 1. The molecule has 1 fully saturated rings. The minimum atomic E-state index is -0.839. The van der Waals surface area contributed by atoms with Gasteiger partial charge in [-0.1, -0.05) is 12.1 Å². The number of benzene rings is 2. The molecule has 0 spiro atoms. The molecule has 2 aromatic rings. The molecule has 3 aliphatic rings. The lowest BCUT2D eigenvalue weighted by atomic mass is 9.72. The Morgan fingerprint density at radius 2 is 1.76 bits per heavy atom. The lowest BCUT2D eigenvalue weighted by molar-refractivity contribution is -0.174. The van der Waals surface area contributed by atoms with Gasteiger partial charge < -0.3 is 23.8 Å². The second-order valence-corrected chi connectivity index (χ2v) is 9.29. The average molecular weight is 453 g/mol. The molecule has 0 N–H and O–H groups in total. The summed E-state index contributed by atoms with van der Waals surface area (Å²) in [7, 11) is 4.04. The molecule has 3 atom stereocenters. The maximum absolute atomic E-state index is 13.6. The largest absolute Gasteiger partial charge is 0.471 e. The van der Waals surface area contributed by atoms with E-state index < -0.39 is 11.6 Å². The summed E-state index contributed by atoms with van der Waals surface area (Å²) in [5.74, 6) is 1.07. The quantitative estimate of drug-likeness (QED) is 0.636. The Labute approximate surface area is 195 Å². The summed E-state index contributed by atoms with van der Waals surface area (Å²) in [5, 5.41) is 0. The average Bonchev–Trinajstić information content (AvgIpc) is 3.49. The number of ether oxygens (including phenoxy) is 4. The van der Waals surface area contributed by atoms with Gasteiger partial charge in [-0.05, 0) is 50.5 Å². The lowest BCUT2D eigenvalue weighted by Crippen LogP contribution is -2.61. The summed E-state index contributed by atoms with van der Waals surface area (Å²) in [6, 6.07) is 12.3. The van der Waals surface area contributed by atoms with Gasteiger partial charge in [-0.15, -0.1) is 0 Å². The van der Waals surface area contributed by atoms with Crippen LogP contribution in [0.3, 0.4) is 0 Å². The van der Waals surface area contributed by atoms with Gasteiger partial charge in [0.25, 0.3) is 0 Å². The van der Waals surface area contributed by atoms with Crippen molar-refractivity contribution in [2.24, 2.45) is 5.92 Å². The van der Waals surface area contributed by atoms with Crippen LogP contribution in [0.15, 0.2) is 36.4 Å². The van der Waals surface area contributed by atoms with Gasteiger partial charge in [0.15, 0.2) is 17.2 Å². The highest BCUT2D eigenvalue weighted by atomic mass is 16.7. The number of carbonyl (C=O) groups is 1. The third-order valence-electron chi connectivity index (χ3n) is 7.11. The van der Waals surface area contributed by atoms with E-state index >= 15 is 0 Å². The molecule has 0 bridgehead atoms. The molecule has 3 aliphatic heterocycles. The van der Waals surface area contributed by atoms with Gasteiger partial charge in [-0.25, -0.2) is 0 Å². The van der Waals surface area contributed by atoms with E-state index in [1.54, 1.807) is 0 Å². The normalized spacial score (nSPS) is 25.9. The van der Waals surface area contributed by atoms with Crippen LogP contribution < -0.4 is 19.1 Å². The van der Waals surface area contributed by atoms with Crippen molar-refractivity contribution >= 4 is 11.7 Å². The van der Waals surface area contributed by atoms with E-state index in [-0.39, 0.29) is 18.7 Å². The van der Waals surface area contributed by atoms with Crippen molar-refractivity contribution in [2.45, 2.75) is 38.3 Å². The Hall–Kier alpha value is -2.93. The predicted octanol–water partition coefficient (Wildman–Crippen LogP) is 4.00. The standard InChI is InChI=1S/C26H32N2O5/c1-5-30-25(29)24-23(17-8-10-18(11-9-17)27(3)4)19-14-21-22(32-16-31-21)15-20(19)33-26(24,2)28-12-6-7-13-28/h8-11,14-15,23-24H,5-7,12-13,16H2,1-4H3/t23-,24-,26-/m0/s1. The molecule has 3 heterocycles. The maximum Gasteiger partial charge on any atom is 0.315 e. The van der Waals surface area contributed by atoms with Gasteiger partial charge in [0.05, 0.1) is 6.61 Å². The summed E-state index contributed by atoms with van der Waals surface area (Å²) in [5.41, 5.74) is 2.24. The Balaban J connectivity index is 1.69. The van der Waals surface area contributed by atoms with E-state index in [1.165, 1.54) is 0 Å². The minimum Gasteiger partial charge on any atom is -0.471 e. The first-order valence-electron chi connectivity index (χ1n) is 11.7. The second kappa shape index (κ2) is 8.45. The molecule has 176 valence electrons. The second-order valence-electron chi connectivity index (χ2n) is 9.29. The van der Waals surface area contributed by atoms with E-state index in [9.17, 15) is 4.79 Å². The van der Waals surface area contributed by atoms with Crippen LogP contribution in [-0.4, -0.2) is 57.2 Å². The number of likely N-dealkylation sites (tertiary alicyclic amines) is 1. The molecular formula is C26H32N2O5. The van der Waals surface area contributed by atoms with Gasteiger partial charge in [0, 0.05) is 50.4 Å². The highest BCUT2D eigenvalue weighted by Crippen LogP contribution is 2.53. The zero-order valence-electron chi connectivity index (χ0n) is 19.8. The fourth-order valence-corrected chi connectivity index (χ4v) is 5.41. The fourth-order valence-electron chi connectivity index (χ4n) is 5.41. The van der Waals surface area contributed by atoms with Crippen LogP contribution in [0.4, 0.5) is 5.69 Å². The number of rotatable bonds is 5. The molecule has 33 heavy (non-hydrogen) atoms. The molecule has 2 aromatic carbocycles. The van der Waals surface area contributed by atoms with E-state index in [4.69, 9.17) is 18.9 Å². The number of esters is 1. The monoisotopic (exact) mass is 452 g/mol. The zero-order valence-corrected chi connectivity index (χ0v) is 19.8. The predicted molar refractivity (Wildman–Crippen MR) is 125 cm³/mol. The van der Waals surface area contributed by atoms with Crippen molar-refractivity contribution in [1.29, 1.82) is 0 Å². The first-order chi connectivity index (χ1) is 15.9. The smallest absolute Gasteiger partial charge is 0.315 e. The number of nitrogens with zero attached hydrogens (tertiary/aromatic N) is 2. The molecule has 0 aromatic heterocycles. The maximum atomic E-state index is 13.6. The van der Waals surface area contributed by atoms with Crippen LogP contribution in [0.5, 0.6) is 17.2 Å². The van der Waals surface area contributed by atoms with Crippen LogP contribution >= 0.6 is 0 Å². The first-order valence-corrected chi connectivity index (χ1v) is 11.7. The Bertz CT molecular complexity index is 1030. The summed E-state index contributed by atoms with van der Waals surface area (Å²) in [6.45, 7) is 6.17. The number of hydrogen-bond donors (Lipinski definition) is 0. The Morgan fingerprint density at radius 3 is 2.39 bits per heavy atom. The zero-order chi connectivity index (χ0) is 23.2. The third-order valence-corrected chi connectivity index (χ3v) is 7.11. The Morgan fingerprint density at radius 1 is 1.09 bits per heavy atom. The SMILES string of the molecule is CCOC(=O)[C@@H]1[C@@H](c2ccc(N(C)C)cc2)c2cc3c(cc2O[C@]1(C)N1CCCC1)OCO3. The van der Waals surface area contributed by atoms with Crippen molar-refractivity contribution in [2.75, 3.05) is 45.5 Å². The lowest BCUT2D eigenvalue weighted by Gasteiger charge is -2.49. The van der Waals surface area contributed by atoms with Gasteiger partial charge in [0.1, 0.15) is 11.7 Å². The third kappa shape index (κ3) is 3.68. The van der Waals surface area contributed by atoms with Gasteiger partial charge in [0.2, 0.25) is 6.79 Å². The van der Waals surface area contributed by atoms with Crippen LogP contribution in [0.1, 0.15) is 43.7 Å². The molecule has 0 aliphatic carbocycles. The molecule has 0 unspecified atom stereocenters. The topological polar surface area (TPSA) is 60.5 Å². The van der Waals surface area contributed by atoms with E-state index in [2.05, 4.69) is 34.1 Å². The summed E-state index contributed by atoms with van der Waals surface area (Å²) >= 11 is 0. The summed E-state index contributed by atoms with van der Waals surface area (Å²) in [4.78, 5) is 17.9. The molecule has 5 rings (SSSR count).